The molecule has 2 rings (SSSR count). The van der Waals surface area contributed by atoms with Gasteiger partial charge in [-0.1, -0.05) is 13.8 Å². The third-order valence-electron chi connectivity index (χ3n) is 4.36. The first-order valence-corrected chi connectivity index (χ1v) is 6.74. The number of ether oxygens (including phenoxy) is 1. The fourth-order valence-electron chi connectivity index (χ4n) is 3.25. The predicted molar refractivity (Wildman–Crippen MR) is 72.7 cm³/mol. The van der Waals surface area contributed by atoms with Crippen molar-refractivity contribution in [1.82, 2.24) is 9.78 Å². The topological polar surface area (TPSA) is 53.1 Å². The monoisotopic (exact) mass is 251 g/mol. The summed E-state index contributed by atoms with van der Waals surface area (Å²) < 4.78 is 7.41. The quantitative estimate of drug-likeness (QED) is 0.896. The van der Waals surface area contributed by atoms with Crippen LogP contribution in [0.25, 0.3) is 0 Å². The van der Waals surface area contributed by atoms with Gasteiger partial charge in [0.25, 0.3) is 0 Å². The molecule has 2 N–H and O–H groups in total. The van der Waals surface area contributed by atoms with Gasteiger partial charge in [-0.05, 0) is 37.1 Å². The molecule has 0 bridgehead atoms. The summed E-state index contributed by atoms with van der Waals surface area (Å²) in [5.41, 5.74) is 7.55. The van der Waals surface area contributed by atoms with E-state index < -0.39 is 0 Å². The maximum absolute atomic E-state index is 5.96. The number of hydrogen-bond acceptors (Lipinski definition) is 3. The van der Waals surface area contributed by atoms with Gasteiger partial charge < -0.3 is 10.5 Å². The van der Waals surface area contributed by atoms with E-state index in [9.17, 15) is 0 Å². The minimum Gasteiger partial charge on any atom is -0.493 e. The Morgan fingerprint density at radius 2 is 2.28 bits per heavy atom. The predicted octanol–water partition coefficient (Wildman–Crippen LogP) is 2.30. The summed E-state index contributed by atoms with van der Waals surface area (Å²) in [6, 6.07) is 0. The van der Waals surface area contributed by atoms with Crippen LogP contribution in [0.1, 0.15) is 44.7 Å². The highest BCUT2D eigenvalue weighted by Gasteiger charge is 2.37. The Labute approximate surface area is 110 Å². The lowest BCUT2D eigenvalue weighted by Crippen LogP contribution is -2.33. The van der Waals surface area contributed by atoms with E-state index in [1.165, 1.54) is 18.5 Å². The van der Waals surface area contributed by atoms with E-state index in [4.69, 9.17) is 10.5 Å². The first kappa shape index (κ1) is 13.4. The van der Waals surface area contributed by atoms with Crippen LogP contribution in [0.2, 0.25) is 0 Å². The van der Waals surface area contributed by atoms with E-state index in [0.29, 0.717) is 17.3 Å². The number of hydrogen-bond donors (Lipinski definition) is 1. The molecule has 102 valence electrons. The van der Waals surface area contributed by atoms with E-state index in [1.807, 2.05) is 17.9 Å². The van der Waals surface area contributed by atoms with Gasteiger partial charge in [0.1, 0.15) is 0 Å². The Hall–Kier alpha value is -1.03. The summed E-state index contributed by atoms with van der Waals surface area (Å²) in [5, 5.41) is 4.33. The molecule has 1 aromatic rings. The van der Waals surface area contributed by atoms with Gasteiger partial charge in [0, 0.05) is 13.0 Å². The molecular formula is C14H25N3O. The zero-order valence-corrected chi connectivity index (χ0v) is 11.9. The van der Waals surface area contributed by atoms with E-state index in [-0.39, 0.29) is 0 Å². The van der Waals surface area contributed by atoms with Crippen LogP contribution >= 0.6 is 0 Å². The number of aryl methyl sites for hydroxylation is 1. The van der Waals surface area contributed by atoms with Crippen molar-refractivity contribution in [3.63, 3.8) is 0 Å². The molecule has 0 saturated heterocycles. The van der Waals surface area contributed by atoms with Crippen LogP contribution in [-0.2, 0) is 7.05 Å². The van der Waals surface area contributed by atoms with Crippen LogP contribution in [0.5, 0.6) is 5.75 Å². The fourth-order valence-corrected chi connectivity index (χ4v) is 3.25. The van der Waals surface area contributed by atoms with Crippen molar-refractivity contribution in [2.24, 2.45) is 24.1 Å². The maximum atomic E-state index is 5.96. The van der Waals surface area contributed by atoms with E-state index >= 15 is 0 Å². The second-order valence-corrected chi connectivity index (χ2v) is 6.23. The zero-order valence-electron chi connectivity index (χ0n) is 11.9. The Morgan fingerprint density at radius 3 is 2.89 bits per heavy atom. The van der Waals surface area contributed by atoms with Crippen molar-refractivity contribution in [1.29, 1.82) is 0 Å². The maximum Gasteiger partial charge on any atom is 0.160 e. The average Bonchev–Trinajstić information content (AvgIpc) is 2.69. The minimum absolute atomic E-state index is 0.381. The summed E-state index contributed by atoms with van der Waals surface area (Å²) in [7, 11) is 3.71. The van der Waals surface area contributed by atoms with Gasteiger partial charge in [-0.15, -0.1) is 0 Å². The second-order valence-electron chi connectivity index (χ2n) is 6.23. The van der Waals surface area contributed by atoms with Crippen LogP contribution < -0.4 is 10.5 Å². The Morgan fingerprint density at radius 1 is 1.56 bits per heavy atom. The van der Waals surface area contributed by atoms with Gasteiger partial charge in [-0.2, -0.15) is 5.10 Å². The van der Waals surface area contributed by atoms with E-state index in [2.05, 4.69) is 18.9 Å². The van der Waals surface area contributed by atoms with Crippen LogP contribution in [0.3, 0.4) is 0 Å². The molecule has 4 heteroatoms. The smallest absolute Gasteiger partial charge is 0.160 e. The van der Waals surface area contributed by atoms with Crippen LogP contribution in [0, 0.1) is 11.3 Å². The van der Waals surface area contributed by atoms with Crippen molar-refractivity contribution in [2.75, 3.05) is 13.7 Å². The zero-order chi connectivity index (χ0) is 13.3. The molecule has 1 fully saturated rings. The van der Waals surface area contributed by atoms with Crippen molar-refractivity contribution >= 4 is 0 Å². The first-order chi connectivity index (χ1) is 8.48. The molecule has 1 aliphatic carbocycles. The molecule has 0 aromatic carbocycles. The summed E-state index contributed by atoms with van der Waals surface area (Å²) in [4.78, 5) is 0. The first-order valence-electron chi connectivity index (χ1n) is 6.74. The third-order valence-corrected chi connectivity index (χ3v) is 4.36. The molecule has 1 aromatic heterocycles. The van der Waals surface area contributed by atoms with Gasteiger partial charge >= 0.3 is 0 Å². The van der Waals surface area contributed by atoms with Crippen molar-refractivity contribution < 1.29 is 4.74 Å². The molecule has 0 aliphatic heterocycles. The van der Waals surface area contributed by atoms with Crippen molar-refractivity contribution in [3.05, 3.63) is 11.9 Å². The van der Waals surface area contributed by atoms with Gasteiger partial charge in [-0.25, -0.2) is 0 Å². The number of nitrogens with zero attached hydrogens (tertiary/aromatic N) is 2. The summed E-state index contributed by atoms with van der Waals surface area (Å²) in [5.74, 6) is 1.90. The molecule has 2 unspecified atom stereocenters. The fraction of sp³-hybridized carbons (Fsp3) is 0.786. The summed E-state index contributed by atoms with van der Waals surface area (Å²) >= 11 is 0. The molecular weight excluding hydrogens is 226 g/mol. The highest BCUT2D eigenvalue weighted by molar-refractivity contribution is 5.30. The molecule has 4 nitrogen and oxygen atoms in total. The average molecular weight is 251 g/mol. The normalized spacial score (nSPS) is 27.2. The lowest BCUT2D eigenvalue weighted by molar-refractivity contribution is 0.159. The SMILES string of the molecule is COc1cnn(C)c1C1CC(C)(C)CCC1CN. The third kappa shape index (κ3) is 2.39. The summed E-state index contributed by atoms with van der Waals surface area (Å²) in [6.45, 7) is 5.43. The van der Waals surface area contributed by atoms with Crippen molar-refractivity contribution in [3.8, 4) is 5.75 Å². The van der Waals surface area contributed by atoms with Crippen LogP contribution in [0.15, 0.2) is 6.20 Å². The van der Waals surface area contributed by atoms with E-state index in [0.717, 1.165) is 18.7 Å². The standard InChI is InChI=1S/C14H25N3O/c1-14(2)6-5-10(8-15)11(7-14)13-12(18-4)9-16-17(13)3/h9-11H,5-8,15H2,1-4H3. The number of rotatable bonds is 3. The van der Waals surface area contributed by atoms with Crippen LogP contribution in [-0.4, -0.2) is 23.4 Å². The molecule has 2 atom stereocenters. The molecule has 1 saturated carbocycles. The summed E-state index contributed by atoms with van der Waals surface area (Å²) in [6.07, 6.45) is 5.42. The van der Waals surface area contributed by atoms with Gasteiger partial charge in [0.15, 0.2) is 5.75 Å². The molecule has 18 heavy (non-hydrogen) atoms. The number of methoxy groups -OCH3 is 1. The lowest BCUT2D eigenvalue weighted by Gasteiger charge is -2.40. The molecule has 0 spiro atoms. The van der Waals surface area contributed by atoms with Crippen LogP contribution in [0.4, 0.5) is 0 Å². The molecule has 0 amide bonds. The van der Waals surface area contributed by atoms with E-state index in [1.54, 1.807) is 7.11 Å². The lowest BCUT2D eigenvalue weighted by atomic mass is 9.66. The molecule has 0 radical (unpaired) electrons. The van der Waals surface area contributed by atoms with Gasteiger partial charge in [0.05, 0.1) is 19.0 Å². The number of aromatic nitrogens is 2. The van der Waals surface area contributed by atoms with Gasteiger partial charge in [0.2, 0.25) is 0 Å². The highest BCUT2D eigenvalue weighted by Crippen LogP contribution is 2.48. The molecule has 1 heterocycles. The Kier molecular flexibility index (Phi) is 3.66. The van der Waals surface area contributed by atoms with Crippen molar-refractivity contribution in [2.45, 2.75) is 39.0 Å². The molecule has 1 aliphatic rings. The highest BCUT2D eigenvalue weighted by atomic mass is 16.5. The largest absolute Gasteiger partial charge is 0.493 e. The Bertz CT molecular complexity index is 411. The number of nitrogens with two attached hydrogens (primary N) is 1. The second kappa shape index (κ2) is 4.92. The van der Waals surface area contributed by atoms with Gasteiger partial charge in [-0.3, -0.25) is 4.68 Å². The minimum atomic E-state index is 0.381. The Balaban J connectivity index is 2.35.